The van der Waals surface area contributed by atoms with Crippen molar-refractivity contribution in [2.24, 2.45) is 0 Å². The molecule has 0 fully saturated rings. The van der Waals surface area contributed by atoms with E-state index in [1.54, 1.807) is 18.2 Å². The number of hydrogen-bond donors (Lipinski definition) is 0. The Hall–Kier alpha value is -2.84. The summed E-state index contributed by atoms with van der Waals surface area (Å²) in [6.45, 7) is -0.0444. The third-order valence-corrected chi connectivity index (χ3v) is 3.84. The van der Waals surface area contributed by atoms with Gasteiger partial charge in [-0.2, -0.15) is 5.26 Å². The maximum absolute atomic E-state index is 12.3. The highest BCUT2D eigenvalue weighted by atomic mass is 79.9. The van der Waals surface area contributed by atoms with Crippen LogP contribution in [-0.4, -0.2) is 12.4 Å². The first-order chi connectivity index (χ1) is 11.7. The molecule has 0 N–H and O–H groups in total. The fourth-order valence-corrected chi connectivity index (χ4v) is 2.62. The second kappa shape index (κ2) is 7.16. The first kappa shape index (κ1) is 16.0. The van der Waals surface area contributed by atoms with Gasteiger partial charge in [0.2, 0.25) is 5.78 Å². The zero-order valence-electron chi connectivity index (χ0n) is 12.5. The van der Waals surface area contributed by atoms with Gasteiger partial charge in [-0.05, 0) is 42.5 Å². The molecule has 0 bridgehead atoms. The largest absolute Gasteiger partial charge is 0.478 e. The van der Waals surface area contributed by atoms with Crippen LogP contribution < -0.4 is 4.74 Å². The number of allylic oxidation sites excluding steroid dienone is 1. The van der Waals surface area contributed by atoms with Gasteiger partial charge < -0.3 is 9.15 Å². The summed E-state index contributed by atoms with van der Waals surface area (Å²) >= 11 is 3.39. The number of carbonyl (C=O) groups excluding carboxylic acids is 1. The highest BCUT2D eigenvalue weighted by molar-refractivity contribution is 9.10. The minimum absolute atomic E-state index is 0.0444. The summed E-state index contributed by atoms with van der Waals surface area (Å²) in [5, 5.41) is 9.47. The van der Waals surface area contributed by atoms with E-state index in [4.69, 9.17) is 14.4 Å². The van der Waals surface area contributed by atoms with E-state index in [0.29, 0.717) is 11.3 Å². The van der Waals surface area contributed by atoms with E-state index in [1.165, 1.54) is 6.08 Å². The number of ketones is 1. The Morgan fingerprint density at radius 1 is 1.25 bits per heavy atom. The van der Waals surface area contributed by atoms with E-state index >= 15 is 0 Å². The van der Waals surface area contributed by atoms with Gasteiger partial charge in [0.15, 0.2) is 12.4 Å². The van der Waals surface area contributed by atoms with Crippen LogP contribution in [0.4, 0.5) is 0 Å². The van der Waals surface area contributed by atoms with Crippen LogP contribution in [0, 0.1) is 11.3 Å². The molecule has 3 rings (SSSR count). The molecule has 24 heavy (non-hydrogen) atoms. The lowest BCUT2D eigenvalue weighted by Gasteiger charge is -2.04. The van der Waals surface area contributed by atoms with Crippen molar-refractivity contribution in [3.8, 4) is 11.8 Å². The number of ether oxygens (including phenoxy) is 1. The molecule has 0 aliphatic heterocycles. The second-order valence-corrected chi connectivity index (χ2v) is 5.89. The number of carbonyl (C=O) groups is 1. The molecule has 0 unspecified atom stereocenters. The van der Waals surface area contributed by atoms with E-state index in [0.717, 1.165) is 15.4 Å². The highest BCUT2D eigenvalue weighted by Crippen LogP contribution is 2.24. The topological polar surface area (TPSA) is 63.2 Å². The van der Waals surface area contributed by atoms with Gasteiger partial charge in [0.25, 0.3) is 0 Å². The predicted octanol–water partition coefficient (Wildman–Crippen LogP) is 4.99. The van der Waals surface area contributed by atoms with Gasteiger partial charge in [-0.15, -0.1) is 0 Å². The predicted molar refractivity (Wildman–Crippen MR) is 94.8 cm³/mol. The third-order valence-electron chi connectivity index (χ3n) is 3.35. The van der Waals surface area contributed by atoms with Crippen molar-refractivity contribution in [2.45, 2.75) is 0 Å². The van der Waals surface area contributed by atoms with Crippen molar-refractivity contribution in [1.29, 1.82) is 5.26 Å². The molecular formula is C19H12BrNO3. The number of rotatable bonds is 5. The van der Waals surface area contributed by atoms with Crippen molar-refractivity contribution in [2.75, 3.05) is 6.61 Å². The molecule has 4 nitrogen and oxygen atoms in total. The number of nitrogens with zero attached hydrogens (tertiary/aromatic N) is 1. The average Bonchev–Trinajstić information content (AvgIpc) is 3.01. The molecule has 1 heterocycles. The number of benzene rings is 2. The quantitative estimate of drug-likeness (QED) is 0.461. The van der Waals surface area contributed by atoms with Gasteiger partial charge in [-0.25, -0.2) is 0 Å². The van der Waals surface area contributed by atoms with Gasteiger partial charge in [-0.3, -0.25) is 4.79 Å². The molecule has 0 saturated carbocycles. The monoisotopic (exact) mass is 381 g/mol. The Kier molecular flexibility index (Phi) is 4.78. The maximum atomic E-state index is 12.3. The smallest absolute Gasteiger partial charge is 0.221 e. The van der Waals surface area contributed by atoms with Crippen molar-refractivity contribution >= 4 is 38.8 Å². The molecule has 0 aliphatic rings. The number of halogens is 1. The van der Waals surface area contributed by atoms with Crippen LogP contribution in [0.5, 0.6) is 5.75 Å². The Bertz CT molecular complexity index is 966. The summed E-state index contributed by atoms with van der Waals surface area (Å²) in [6, 6.07) is 16.4. The number of hydrogen-bond acceptors (Lipinski definition) is 4. The molecule has 0 aliphatic carbocycles. The SMILES string of the molecule is N#CCOc1ccccc1/C=C/C(=O)c1cc2cc(Br)ccc2o1. The first-order valence-electron chi connectivity index (χ1n) is 7.17. The lowest BCUT2D eigenvalue weighted by molar-refractivity contribution is 0.102. The first-order valence-corrected chi connectivity index (χ1v) is 7.97. The van der Waals surface area contributed by atoms with Crippen LogP contribution in [0.3, 0.4) is 0 Å². The van der Waals surface area contributed by atoms with Crippen LogP contribution in [0.2, 0.25) is 0 Å². The zero-order valence-corrected chi connectivity index (χ0v) is 14.1. The van der Waals surface area contributed by atoms with Crippen molar-refractivity contribution in [3.63, 3.8) is 0 Å². The van der Waals surface area contributed by atoms with Crippen LogP contribution in [-0.2, 0) is 0 Å². The number of fused-ring (bicyclic) bond motifs is 1. The van der Waals surface area contributed by atoms with Gasteiger partial charge in [-0.1, -0.05) is 34.1 Å². The van der Waals surface area contributed by atoms with Gasteiger partial charge >= 0.3 is 0 Å². The summed E-state index contributed by atoms with van der Waals surface area (Å²) in [5.74, 6) is 0.587. The fourth-order valence-electron chi connectivity index (χ4n) is 2.24. The molecule has 1 aromatic heterocycles. The van der Waals surface area contributed by atoms with Gasteiger partial charge in [0.1, 0.15) is 17.4 Å². The molecule has 0 atom stereocenters. The van der Waals surface area contributed by atoms with Crippen LogP contribution in [0.15, 0.2) is 63.5 Å². The van der Waals surface area contributed by atoms with E-state index in [1.807, 2.05) is 42.5 Å². The van der Waals surface area contributed by atoms with E-state index in [9.17, 15) is 4.79 Å². The molecule has 0 radical (unpaired) electrons. The number of furan rings is 1. The Morgan fingerprint density at radius 3 is 2.92 bits per heavy atom. The lowest BCUT2D eigenvalue weighted by Crippen LogP contribution is -1.96. The molecule has 0 spiro atoms. The van der Waals surface area contributed by atoms with E-state index < -0.39 is 0 Å². The summed E-state index contributed by atoms with van der Waals surface area (Å²) in [5.41, 5.74) is 1.38. The fraction of sp³-hybridized carbons (Fsp3) is 0.0526. The summed E-state index contributed by atoms with van der Waals surface area (Å²) in [6.07, 6.45) is 3.08. The third kappa shape index (κ3) is 3.55. The Balaban J connectivity index is 1.83. The molecule has 5 heteroatoms. The Morgan fingerprint density at radius 2 is 2.08 bits per heavy atom. The molecule has 118 valence electrons. The number of para-hydroxylation sites is 1. The second-order valence-electron chi connectivity index (χ2n) is 4.97. The number of nitriles is 1. The van der Waals surface area contributed by atoms with E-state index in [-0.39, 0.29) is 18.2 Å². The normalized spacial score (nSPS) is 10.8. The van der Waals surface area contributed by atoms with Crippen LogP contribution in [0.25, 0.3) is 17.0 Å². The van der Waals surface area contributed by atoms with E-state index in [2.05, 4.69) is 15.9 Å². The van der Waals surface area contributed by atoms with Gasteiger partial charge in [0, 0.05) is 15.4 Å². The van der Waals surface area contributed by atoms with Crippen molar-refractivity contribution < 1.29 is 13.9 Å². The molecule has 0 amide bonds. The van der Waals surface area contributed by atoms with Crippen molar-refractivity contribution in [3.05, 3.63) is 70.4 Å². The van der Waals surface area contributed by atoms with Crippen LogP contribution in [0.1, 0.15) is 16.1 Å². The maximum Gasteiger partial charge on any atom is 0.221 e. The highest BCUT2D eigenvalue weighted by Gasteiger charge is 2.10. The summed E-state index contributed by atoms with van der Waals surface area (Å²) < 4.78 is 11.8. The lowest BCUT2D eigenvalue weighted by atomic mass is 10.1. The molecule has 0 saturated heterocycles. The summed E-state index contributed by atoms with van der Waals surface area (Å²) in [4.78, 5) is 12.3. The van der Waals surface area contributed by atoms with Crippen molar-refractivity contribution in [1.82, 2.24) is 0 Å². The molecular weight excluding hydrogens is 370 g/mol. The Labute approximate surface area is 147 Å². The zero-order chi connectivity index (χ0) is 16.9. The minimum Gasteiger partial charge on any atom is -0.478 e. The minimum atomic E-state index is -0.239. The van der Waals surface area contributed by atoms with Crippen LogP contribution >= 0.6 is 15.9 Å². The standard InChI is InChI=1S/C19H12BrNO3/c20-15-6-8-18-14(11-15)12-19(24-18)16(22)7-5-13-3-1-2-4-17(13)23-10-9-21/h1-8,11-12H,10H2/b7-5+. The van der Waals surface area contributed by atoms with Gasteiger partial charge in [0.05, 0.1) is 0 Å². The molecule has 3 aromatic rings. The average molecular weight is 382 g/mol. The summed E-state index contributed by atoms with van der Waals surface area (Å²) in [7, 11) is 0. The molecule has 2 aromatic carbocycles.